The molecule has 1 aliphatic rings. The van der Waals surface area contributed by atoms with Crippen LogP contribution in [-0.4, -0.2) is 52.3 Å². The molecule has 0 atom stereocenters. The molecule has 0 radical (unpaired) electrons. The minimum Gasteiger partial charge on any atom is -0.214 e. The monoisotopic (exact) mass is 298 g/mol. The van der Waals surface area contributed by atoms with Crippen molar-refractivity contribution in [3.8, 4) is 0 Å². The summed E-state index contributed by atoms with van der Waals surface area (Å²) < 4.78 is 49.9. The maximum absolute atomic E-state index is 11.5. The molecule has 0 unspecified atom stereocenters. The van der Waals surface area contributed by atoms with E-state index >= 15 is 0 Å². The number of unbranched alkanes of at least 4 members (excludes halogenated alkanes) is 1. The fourth-order valence-electron chi connectivity index (χ4n) is 1.70. The van der Waals surface area contributed by atoms with Gasteiger partial charge in [-0.2, -0.15) is 4.31 Å². The zero-order chi connectivity index (χ0) is 13.8. The average Bonchev–Trinajstić information content (AvgIpc) is 3.03. The topological polar surface area (TPSA) is 83.6 Å². The molecule has 0 aliphatic heterocycles. The average molecular weight is 298 g/mol. The van der Waals surface area contributed by atoms with Crippen molar-refractivity contribution < 1.29 is 16.8 Å². The molecule has 1 aliphatic carbocycles. The van der Waals surface area contributed by atoms with Gasteiger partial charge in [0.2, 0.25) is 20.0 Å². The van der Waals surface area contributed by atoms with Gasteiger partial charge in [0, 0.05) is 19.1 Å². The van der Waals surface area contributed by atoms with Gasteiger partial charge in [-0.1, -0.05) is 13.3 Å². The summed E-state index contributed by atoms with van der Waals surface area (Å²) in [5.41, 5.74) is 0. The van der Waals surface area contributed by atoms with Gasteiger partial charge in [0.1, 0.15) is 0 Å². The van der Waals surface area contributed by atoms with Crippen molar-refractivity contribution in [1.82, 2.24) is 9.03 Å². The summed E-state index contributed by atoms with van der Waals surface area (Å²) in [6, 6.07) is 0.0696. The minimum atomic E-state index is -3.26. The summed E-state index contributed by atoms with van der Waals surface area (Å²) in [6.07, 6.45) is 4.34. The van der Waals surface area contributed by atoms with Crippen molar-refractivity contribution in [3.63, 3.8) is 0 Å². The molecule has 0 aromatic rings. The molecule has 1 rings (SSSR count). The Balaban J connectivity index is 2.40. The molecule has 1 N–H and O–H groups in total. The standard InChI is InChI=1S/C10H22N2O4S2/c1-3-4-9-18(15,16)11-7-8-12(10-5-6-10)17(2,13)14/h10-11H,3-9H2,1-2H3. The molecule has 6 nitrogen and oxygen atoms in total. The zero-order valence-electron chi connectivity index (χ0n) is 10.9. The first kappa shape index (κ1) is 15.9. The predicted molar refractivity (Wildman–Crippen MR) is 71.3 cm³/mol. The molecule has 0 saturated heterocycles. The SMILES string of the molecule is CCCCS(=O)(=O)NCCN(C1CC1)S(C)(=O)=O. The molecule has 8 heteroatoms. The van der Waals surface area contributed by atoms with E-state index in [0.717, 1.165) is 25.5 Å². The largest absolute Gasteiger partial charge is 0.214 e. The molecule has 0 aromatic carbocycles. The minimum absolute atomic E-state index is 0.0696. The highest BCUT2D eigenvalue weighted by Gasteiger charge is 2.34. The molecule has 18 heavy (non-hydrogen) atoms. The smallest absolute Gasteiger partial charge is 0.211 e. The van der Waals surface area contributed by atoms with E-state index in [4.69, 9.17) is 0 Å². The highest BCUT2D eigenvalue weighted by molar-refractivity contribution is 7.89. The third-order valence-corrected chi connectivity index (χ3v) is 5.60. The highest BCUT2D eigenvalue weighted by Crippen LogP contribution is 2.28. The summed E-state index contributed by atoms with van der Waals surface area (Å²) >= 11 is 0. The van der Waals surface area contributed by atoms with Crippen LogP contribution in [0.1, 0.15) is 32.6 Å². The number of nitrogens with one attached hydrogen (secondary N) is 1. The van der Waals surface area contributed by atoms with Crippen LogP contribution >= 0.6 is 0 Å². The van der Waals surface area contributed by atoms with Crippen LogP contribution < -0.4 is 4.72 Å². The van der Waals surface area contributed by atoms with E-state index in [1.807, 2.05) is 6.92 Å². The van der Waals surface area contributed by atoms with Gasteiger partial charge in [-0.05, 0) is 19.3 Å². The Bertz CT molecular complexity index is 454. The van der Waals surface area contributed by atoms with Crippen LogP contribution in [0.25, 0.3) is 0 Å². The molecule has 0 heterocycles. The zero-order valence-corrected chi connectivity index (χ0v) is 12.6. The Morgan fingerprint density at radius 1 is 1.22 bits per heavy atom. The van der Waals surface area contributed by atoms with Crippen molar-refractivity contribution in [2.24, 2.45) is 0 Å². The van der Waals surface area contributed by atoms with Crippen LogP contribution in [0.15, 0.2) is 0 Å². The maximum atomic E-state index is 11.5. The lowest BCUT2D eigenvalue weighted by molar-refractivity contribution is 0.409. The van der Waals surface area contributed by atoms with Crippen molar-refractivity contribution in [3.05, 3.63) is 0 Å². The van der Waals surface area contributed by atoms with Gasteiger partial charge >= 0.3 is 0 Å². The van der Waals surface area contributed by atoms with Gasteiger partial charge in [-0.15, -0.1) is 0 Å². The number of nitrogens with zero attached hydrogens (tertiary/aromatic N) is 1. The third-order valence-electron chi connectivity index (χ3n) is 2.80. The van der Waals surface area contributed by atoms with Crippen LogP contribution in [0.3, 0.4) is 0 Å². The van der Waals surface area contributed by atoms with Crippen LogP contribution in [0, 0.1) is 0 Å². The van der Waals surface area contributed by atoms with E-state index in [0.29, 0.717) is 6.42 Å². The number of hydrogen-bond acceptors (Lipinski definition) is 4. The maximum Gasteiger partial charge on any atom is 0.211 e. The lowest BCUT2D eigenvalue weighted by Gasteiger charge is -2.19. The first-order valence-corrected chi connectivity index (χ1v) is 9.70. The van der Waals surface area contributed by atoms with E-state index < -0.39 is 20.0 Å². The van der Waals surface area contributed by atoms with E-state index in [9.17, 15) is 16.8 Å². The Hall–Kier alpha value is -0.180. The van der Waals surface area contributed by atoms with Crippen LogP contribution in [-0.2, 0) is 20.0 Å². The van der Waals surface area contributed by atoms with Gasteiger partial charge < -0.3 is 0 Å². The molecular formula is C10H22N2O4S2. The fraction of sp³-hybridized carbons (Fsp3) is 1.00. The quantitative estimate of drug-likeness (QED) is 0.656. The summed E-state index contributed by atoms with van der Waals surface area (Å²) in [6.45, 7) is 2.29. The van der Waals surface area contributed by atoms with Gasteiger partial charge in [0.25, 0.3) is 0 Å². The Kier molecular flexibility index (Phi) is 5.57. The second kappa shape index (κ2) is 6.31. The lowest BCUT2D eigenvalue weighted by Crippen LogP contribution is -2.39. The normalized spacial score (nSPS) is 17.3. The molecule has 1 saturated carbocycles. The van der Waals surface area contributed by atoms with Crippen molar-refractivity contribution in [2.75, 3.05) is 25.1 Å². The van der Waals surface area contributed by atoms with Crippen molar-refractivity contribution in [2.45, 2.75) is 38.6 Å². The summed E-state index contributed by atoms with van der Waals surface area (Å²) in [4.78, 5) is 0. The Labute approximate surface area is 110 Å². The Morgan fingerprint density at radius 3 is 2.28 bits per heavy atom. The second-order valence-corrected chi connectivity index (χ2v) is 8.53. The van der Waals surface area contributed by atoms with Crippen molar-refractivity contribution in [1.29, 1.82) is 0 Å². The van der Waals surface area contributed by atoms with E-state index in [1.165, 1.54) is 4.31 Å². The third kappa shape index (κ3) is 5.64. The fourth-order valence-corrected chi connectivity index (χ4v) is 4.09. The molecular weight excluding hydrogens is 276 g/mol. The van der Waals surface area contributed by atoms with Crippen LogP contribution in [0.5, 0.6) is 0 Å². The lowest BCUT2D eigenvalue weighted by atomic mass is 10.4. The number of rotatable bonds is 9. The first-order chi connectivity index (χ1) is 8.26. The highest BCUT2D eigenvalue weighted by atomic mass is 32.2. The van der Waals surface area contributed by atoms with E-state index in [-0.39, 0.29) is 24.9 Å². The van der Waals surface area contributed by atoms with E-state index in [1.54, 1.807) is 0 Å². The van der Waals surface area contributed by atoms with Gasteiger partial charge in [0.15, 0.2) is 0 Å². The van der Waals surface area contributed by atoms with Crippen LogP contribution in [0.2, 0.25) is 0 Å². The van der Waals surface area contributed by atoms with Crippen molar-refractivity contribution >= 4 is 20.0 Å². The Morgan fingerprint density at radius 2 is 1.83 bits per heavy atom. The molecule has 108 valence electrons. The molecule has 0 amide bonds. The summed E-state index contributed by atoms with van der Waals surface area (Å²) in [5.74, 6) is 0.103. The van der Waals surface area contributed by atoms with Gasteiger partial charge in [-0.25, -0.2) is 21.6 Å². The molecule has 0 spiro atoms. The molecule has 0 bridgehead atoms. The van der Waals surface area contributed by atoms with Gasteiger partial charge in [0.05, 0.1) is 12.0 Å². The first-order valence-electron chi connectivity index (χ1n) is 6.20. The van der Waals surface area contributed by atoms with E-state index in [2.05, 4.69) is 4.72 Å². The van der Waals surface area contributed by atoms with Crippen LogP contribution in [0.4, 0.5) is 0 Å². The number of hydrogen-bond donors (Lipinski definition) is 1. The number of sulfonamides is 2. The van der Waals surface area contributed by atoms with Gasteiger partial charge in [-0.3, -0.25) is 0 Å². The predicted octanol–water partition coefficient (Wildman–Crippen LogP) is 0.130. The summed E-state index contributed by atoms with van der Waals surface area (Å²) in [7, 11) is -6.50. The summed E-state index contributed by atoms with van der Waals surface area (Å²) in [5, 5.41) is 0. The second-order valence-electron chi connectivity index (χ2n) is 4.67. The molecule has 0 aromatic heterocycles. The molecule has 1 fully saturated rings.